The van der Waals surface area contributed by atoms with Gasteiger partial charge in [-0.25, -0.2) is 0 Å². The highest BCUT2D eigenvalue weighted by Gasteiger charge is 2.64. The predicted molar refractivity (Wildman–Crippen MR) is 104 cm³/mol. The molecule has 0 radical (unpaired) electrons. The number of hydrogen-bond donors (Lipinski definition) is 1. The van der Waals surface area contributed by atoms with Gasteiger partial charge in [-0.05, 0) is 17.4 Å². The Hall–Kier alpha value is -3.15. The van der Waals surface area contributed by atoms with Crippen LogP contribution in [0.2, 0.25) is 0 Å². The van der Waals surface area contributed by atoms with Crippen molar-refractivity contribution in [3.63, 3.8) is 0 Å². The van der Waals surface area contributed by atoms with Crippen LogP contribution in [0.15, 0.2) is 52.6 Å². The Kier molecular flexibility index (Phi) is 3.17. The average molecular weight is 375 g/mol. The molecule has 142 valence electrons. The van der Waals surface area contributed by atoms with E-state index in [9.17, 15) is 9.59 Å². The lowest BCUT2D eigenvalue weighted by Crippen LogP contribution is -2.42. The highest BCUT2D eigenvalue weighted by atomic mass is 16.4. The van der Waals surface area contributed by atoms with Gasteiger partial charge in [0.1, 0.15) is 5.69 Å². The fourth-order valence-electron chi connectivity index (χ4n) is 5.08. The van der Waals surface area contributed by atoms with E-state index >= 15 is 0 Å². The number of allylic oxidation sites excluding steroid dienone is 1. The van der Waals surface area contributed by atoms with E-state index in [2.05, 4.69) is 25.4 Å². The molecule has 0 saturated carbocycles. The molecular weight excluding hydrogens is 354 g/mol. The third kappa shape index (κ3) is 1.85. The largest absolute Gasteiger partial charge is 0.423 e. The lowest BCUT2D eigenvalue weighted by Gasteiger charge is -2.33. The summed E-state index contributed by atoms with van der Waals surface area (Å²) in [6.45, 7) is 8.25. The van der Waals surface area contributed by atoms with Crippen molar-refractivity contribution in [2.75, 3.05) is 12.3 Å². The van der Waals surface area contributed by atoms with Crippen molar-refractivity contribution >= 4 is 17.7 Å². The number of rotatable bonds is 2. The lowest BCUT2D eigenvalue weighted by molar-refractivity contribution is -0.131. The highest BCUT2D eigenvalue weighted by Crippen LogP contribution is 2.60. The first-order chi connectivity index (χ1) is 13.3. The molecule has 3 aliphatic rings. The molecule has 1 amide bonds. The molecule has 1 aliphatic heterocycles. The van der Waals surface area contributed by atoms with E-state index in [1.165, 1.54) is 0 Å². The van der Waals surface area contributed by atoms with Crippen LogP contribution < -0.4 is 5.73 Å². The second-order valence-corrected chi connectivity index (χ2v) is 8.49. The van der Waals surface area contributed by atoms with Crippen molar-refractivity contribution in [2.45, 2.75) is 32.1 Å². The van der Waals surface area contributed by atoms with Crippen molar-refractivity contribution in [3.8, 4) is 11.3 Å². The molecular formula is C22H21N3O3. The summed E-state index contributed by atoms with van der Waals surface area (Å²) in [5.41, 5.74) is 7.61. The summed E-state index contributed by atoms with van der Waals surface area (Å²) in [4.78, 5) is 33.5. The van der Waals surface area contributed by atoms with Gasteiger partial charge in [0.05, 0.1) is 0 Å². The Morgan fingerprint density at radius 3 is 2.79 bits per heavy atom. The van der Waals surface area contributed by atoms with Crippen LogP contribution in [0.1, 0.15) is 37.9 Å². The Morgan fingerprint density at radius 2 is 2.04 bits per heavy atom. The van der Waals surface area contributed by atoms with Gasteiger partial charge in [0.15, 0.2) is 17.0 Å². The van der Waals surface area contributed by atoms with E-state index < -0.39 is 5.41 Å². The summed E-state index contributed by atoms with van der Waals surface area (Å²) in [7, 11) is 0. The second kappa shape index (κ2) is 5.22. The summed E-state index contributed by atoms with van der Waals surface area (Å²) in [6, 6.07) is 7.52. The minimum Gasteiger partial charge on any atom is -0.423 e. The van der Waals surface area contributed by atoms with Crippen molar-refractivity contribution in [3.05, 3.63) is 59.4 Å². The molecule has 2 N–H and O–H groups in total. The molecule has 6 nitrogen and oxygen atoms in total. The van der Waals surface area contributed by atoms with Gasteiger partial charge in [-0.3, -0.25) is 9.59 Å². The Labute approximate surface area is 162 Å². The van der Waals surface area contributed by atoms with Gasteiger partial charge in [0, 0.05) is 29.8 Å². The maximum absolute atomic E-state index is 13.9. The minimum absolute atomic E-state index is 0.000382. The van der Waals surface area contributed by atoms with Crippen molar-refractivity contribution in [1.29, 1.82) is 0 Å². The molecule has 5 rings (SSSR count). The van der Waals surface area contributed by atoms with Gasteiger partial charge in [0.25, 0.3) is 6.01 Å². The molecule has 0 bridgehead atoms. The first kappa shape index (κ1) is 17.0. The number of nitrogen functional groups attached to an aromatic ring is 1. The normalized spacial score (nSPS) is 24.6. The van der Waals surface area contributed by atoms with Crippen LogP contribution in [0.5, 0.6) is 0 Å². The van der Waals surface area contributed by atoms with Crippen LogP contribution in [0, 0.1) is 5.41 Å². The van der Waals surface area contributed by atoms with Crippen LogP contribution in [-0.4, -0.2) is 28.1 Å². The summed E-state index contributed by atoms with van der Waals surface area (Å²) in [5, 5.41) is 0. The molecule has 28 heavy (non-hydrogen) atoms. The van der Waals surface area contributed by atoms with Gasteiger partial charge in [0.2, 0.25) is 5.91 Å². The van der Waals surface area contributed by atoms with Crippen molar-refractivity contribution in [1.82, 2.24) is 9.88 Å². The molecule has 1 atom stereocenters. The van der Waals surface area contributed by atoms with E-state index in [1.807, 2.05) is 24.3 Å². The number of oxazole rings is 1. The maximum Gasteiger partial charge on any atom is 0.292 e. The van der Waals surface area contributed by atoms with E-state index in [0.717, 1.165) is 16.8 Å². The number of anilines is 1. The average Bonchev–Trinajstić information content (AvgIpc) is 3.20. The molecule has 0 fully saturated rings. The zero-order chi connectivity index (χ0) is 19.8. The molecule has 1 aromatic heterocycles. The number of benzene rings is 1. The zero-order valence-electron chi connectivity index (χ0n) is 15.9. The van der Waals surface area contributed by atoms with Crippen molar-refractivity contribution < 1.29 is 14.0 Å². The van der Waals surface area contributed by atoms with Crippen molar-refractivity contribution in [2.24, 2.45) is 5.41 Å². The molecule has 2 heterocycles. The van der Waals surface area contributed by atoms with E-state index in [-0.39, 0.29) is 23.1 Å². The molecule has 2 aliphatic carbocycles. The predicted octanol–water partition coefficient (Wildman–Crippen LogP) is 3.19. The number of hydrogen-bond acceptors (Lipinski definition) is 5. The molecule has 0 unspecified atom stereocenters. The fourth-order valence-corrected chi connectivity index (χ4v) is 5.08. The maximum atomic E-state index is 13.9. The number of fused-ring (bicyclic) bond motifs is 6. The number of nitrogens with zero attached hydrogens (tertiary/aromatic N) is 2. The van der Waals surface area contributed by atoms with Gasteiger partial charge < -0.3 is 15.1 Å². The number of ketones is 1. The summed E-state index contributed by atoms with van der Waals surface area (Å²) in [5.74, 6) is 0.282. The van der Waals surface area contributed by atoms with Crippen LogP contribution in [-0.2, 0) is 15.0 Å². The smallest absolute Gasteiger partial charge is 0.292 e. The lowest BCUT2D eigenvalue weighted by atomic mass is 9.67. The van der Waals surface area contributed by atoms with E-state index in [0.29, 0.717) is 36.4 Å². The van der Waals surface area contributed by atoms with Gasteiger partial charge in [-0.15, -0.1) is 6.58 Å². The summed E-state index contributed by atoms with van der Waals surface area (Å²) >= 11 is 0. The quantitative estimate of drug-likeness (QED) is 0.814. The minimum atomic E-state index is -1.28. The number of Topliss-reactive ketones (excluding diaryl/α,β-unsaturated/α-hetero) is 1. The third-order valence-electron chi connectivity index (χ3n) is 6.01. The second-order valence-electron chi connectivity index (χ2n) is 8.49. The molecule has 2 aromatic rings. The first-order valence-electron chi connectivity index (χ1n) is 9.37. The SMILES string of the molecule is C=CCN1C(=O)[C@@]2(C3=C1CC(C)(C)CC3=O)c1ccccc1-c1oc(N)nc12. The summed E-state index contributed by atoms with van der Waals surface area (Å²) < 4.78 is 5.68. The molecule has 1 spiro atoms. The molecule has 1 aromatic carbocycles. The summed E-state index contributed by atoms with van der Waals surface area (Å²) in [6.07, 6.45) is 2.71. The first-order valence-corrected chi connectivity index (χ1v) is 9.37. The topological polar surface area (TPSA) is 89.4 Å². The number of amides is 1. The number of nitrogens with two attached hydrogens (primary N) is 1. The molecule has 0 saturated heterocycles. The third-order valence-corrected chi connectivity index (χ3v) is 6.01. The number of carbonyl (C=O) groups excluding carboxylic acids is 2. The molecule has 6 heteroatoms. The Bertz CT molecular complexity index is 1110. The van der Waals surface area contributed by atoms with Gasteiger partial charge in [-0.1, -0.05) is 44.2 Å². The standard InChI is InChI=1S/C22H21N3O3/c1-4-9-25-14-10-21(2,3)11-15(26)16(14)22(19(25)27)13-8-6-5-7-12(13)17-18(22)24-20(23)28-17/h4-8H,1,9-11H2,2-3H3,(H2,23,24)/t22-/m1/s1. The van der Waals surface area contributed by atoms with Gasteiger partial charge >= 0.3 is 0 Å². The van der Waals surface area contributed by atoms with E-state index in [1.54, 1.807) is 11.0 Å². The number of aromatic nitrogens is 1. The van der Waals surface area contributed by atoms with Gasteiger partial charge in [-0.2, -0.15) is 4.98 Å². The van der Waals surface area contributed by atoms with Crippen LogP contribution in [0.3, 0.4) is 0 Å². The zero-order valence-corrected chi connectivity index (χ0v) is 15.9. The highest BCUT2D eigenvalue weighted by molar-refractivity contribution is 6.16. The van der Waals surface area contributed by atoms with Crippen LogP contribution in [0.25, 0.3) is 11.3 Å². The Balaban J connectivity index is 1.89. The van der Waals surface area contributed by atoms with Crippen LogP contribution in [0.4, 0.5) is 6.01 Å². The monoisotopic (exact) mass is 375 g/mol. The van der Waals surface area contributed by atoms with Crippen LogP contribution >= 0.6 is 0 Å². The van der Waals surface area contributed by atoms with E-state index in [4.69, 9.17) is 10.2 Å². The fraction of sp³-hybridized carbons (Fsp3) is 0.318. The number of carbonyl (C=O) groups is 2. The Morgan fingerprint density at radius 1 is 1.29 bits per heavy atom.